The fourth-order valence-electron chi connectivity index (χ4n) is 5.29. The van der Waals surface area contributed by atoms with Crippen LogP contribution in [0.1, 0.15) is 66.3 Å². The number of aryl methyl sites for hydroxylation is 1. The lowest BCUT2D eigenvalue weighted by Gasteiger charge is -2.21. The molecule has 4 aromatic rings. The molecule has 2 aromatic carbocycles. The van der Waals surface area contributed by atoms with Crippen LogP contribution in [0.15, 0.2) is 45.6 Å². The molecule has 1 aliphatic heterocycles. The highest BCUT2D eigenvalue weighted by atomic mass is 35.5. The van der Waals surface area contributed by atoms with E-state index in [9.17, 15) is 23.0 Å². The lowest BCUT2D eigenvalue weighted by Crippen LogP contribution is -2.34. The van der Waals surface area contributed by atoms with Gasteiger partial charge in [-0.15, -0.1) is 0 Å². The minimum absolute atomic E-state index is 0.00767. The Bertz CT molecular complexity index is 1700. The van der Waals surface area contributed by atoms with E-state index in [0.717, 1.165) is 17.2 Å². The Morgan fingerprint density at radius 1 is 1.12 bits per heavy atom. The van der Waals surface area contributed by atoms with Crippen LogP contribution in [-0.4, -0.2) is 17.1 Å². The minimum Gasteiger partial charge on any atom is -0.460 e. The summed E-state index contributed by atoms with van der Waals surface area (Å²) in [5.41, 5.74) is 2.24. The third-order valence-corrected chi connectivity index (χ3v) is 7.35. The summed E-state index contributed by atoms with van der Waals surface area (Å²) < 4.78 is 53.4. The molecule has 0 fully saturated rings. The second-order valence-electron chi connectivity index (χ2n) is 10.5. The molecule has 2 aromatic heterocycles. The molecule has 2 N–H and O–H groups in total. The molecule has 0 aliphatic carbocycles. The van der Waals surface area contributed by atoms with E-state index in [4.69, 9.17) is 20.7 Å². The van der Waals surface area contributed by atoms with Crippen LogP contribution in [0.2, 0.25) is 5.15 Å². The first-order valence-corrected chi connectivity index (χ1v) is 13.2. The Morgan fingerprint density at radius 2 is 1.85 bits per heavy atom. The molecule has 6 nitrogen and oxygen atoms in total. The van der Waals surface area contributed by atoms with E-state index in [1.54, 1.807) is 25.1 Å². The van der Waals surface area contributed by atoms with Gasteiger partial charge in [0.2, 0.25) is 0 Å². The van der Waals surface area contributed by atoms with Crippen molar-refractivity contribution in [3.63, 3.8) is 0 Å². The van der Waals surface area contributed by atoms with Crippen molar-refractivity contribution in [3.05, 3.63) is 85.4 Å². The second-order valence-corrected chi connectivity index (χ2v) is 10.8. The van der Waals surface area contributed by atoms with Crippen LogP contribution in [0.3, 0.4) is 0 Å². The Labute approximate surface area is 234 Å². The van der Waals surface area contributed by atoms with Gasteiger partial charge in [-0.1, -0.05) is 31.5 Å². The van der Waals surface area contributed by atoms with Gasteiger partial charge >= 0.3 is 13.3 Å². The largest absolute Gasteiger partial charge is 0.492 e. The standard InChI is InChI=1S/C29H27BClF3N2O4/c1-13(2)27-15(4)26(37)20-9-14(3)8-19(28(20)40-27)16(5)35-22-6-7-23(31)36-25(22)17-10-18-12-39-30(38)24(18)21(11-17)29(32,33)34/h6-11,13,16,35,38H,12H2,1-5H3/t16-/m1/s1. The summed E-state index contributed by atoms with van der Waals surface area (Å²) in [4.78, 5) is 17.6. The number of halogens is 4. The average Bonchev–Trinajstić information content (AvgIpc) is 3.26. The summed E-state index contributed by atoms with van der Waals surface area (Å²) >= 11 is 6.19. The maximum atomic E-state index is 14.0. The third-order valence-electron chi connectivity index (χ3n) is 7.14. The summed E-state index contributed by atoms with van der Waals surface area (Å²) in [5.74, 6) is 0.595. The van der Waals surface area contributed by atoms with E-state index in [1.165, 1.54) is 6.07 Å². The van der Waals surface area contributed by atoms with Crippen LogP contribution in [0.5, 0.6) is 0 Å². The number of anilines is 1. The summed E-state index contributed by atoms with van der Waals surface area (Å²) in [6.07, 6.45) is -4.72. The lowest BCUT2D eigenvalue weighted by molar-refractivity contribution is -0.136. The number of rotatable bonds is 5. The van der Waals surface area contributed by atoms with Crippen molar-refractivity contribution in [2.75, 3.05) is 5.32 Å². The first kappa shape index (κ1) is 28.2. The predicted octanol–water partition coefficient (Wildman–Crippen LogP) is 6.66. The molecular formula is C29H27BClF3N2O4. The number of alkyl halides is 3. The summed E-state index contributed by atoms with van der Waals surface area (Å²) in [6.45, 7) is 9.25. The van der Waals surface area contributed by atoms with Crippen LogP contribution in [0, 0.1) is 13.8 Å². The van der Waals surface area contributed by atoms with Gasteiger partial charge in [-0.2, -0.15) is 13.2 Å². The van der Waals surface area contributed by atoms with E-state index in [0.29, 0.717) is 28.0 Å². The van der Waals surface area contributed by atoms with Crippen LogP contribution in [0.25, 0.3) is 22.2 Å². The molecule has 1 aliphatic rings. The van der Waals surface area contributed by atoms with Gasteiger partial charge in [-0.25, -0.2) is 4.98 Å². The SMILES string of the molecule is Cc1cc([C@@H](C)Nc2ccc(Cl)nc2-c2cc3c(c(C(F)(F)F)c2)B(O)OC3)c2oc(C(C)C)c(C)c(=O)c2c1. The third kappa shape index (κ3) is 5.00. The smallest absolute Gasteiger partial charge is 0.460 e. The van der Waals surface area contributed by atoms with Crippen LogP contribution in [-0.2, 0) is 17.4 Å². The van der Waals surface area contributed by atoms with Crippen molar-refractivity contribution < 1.29 is 27.3 Å². The fraction of sp³-hybridized carbons (Fsp3) is 0.310. The van der Waals surface area contributed by atoms with Crippen molar-refractivity contribution in [1.82, 2.24) is 4.98 Å². The van der Waals surface area contributed by atoms with Crippen molar-refractivity contribution in [2.24, 2.45) is 0 Å². The summed E-state index contributed by atoms with van der Waals surface area (Å²) in [7, 11) is -1.66. The molecule has 0 bridgehead atoms. The van der Waals surface area contributed by atoms with Crippen molar-refractivity contribution in [3.8, 4) is 11.3 Å². The monoisotopic (exact) mass is 570 g/mol. The van der Waals surface area contributed by atoms with Crippen LogP contribution < -0.4 is 16.2 Å². The molecule has 0 amide bonds. The number of pyridine rings is 1. The highest BCUT2D eigenvalue weighted by Gasteiger charge is 2.42. The van der Waals surface area contributed by atoms with Gasteiger partial charge in [0, 0.05) is 22.6 Å². The van der Waals surface area contributed by atoms with Gasteiger partial charge in [-0.3, -0.25) is 4.79 Å². The number of nitrogens with one attached hydrogen (secondary N) is 1. The van der Waals surface area contributed by atoms with Gasteiger partial charge < -0.3 is 19.4 Å². The summed E-state index contributed by atoms with van der Waals surface area (Å²) in [5, 5.41) is 13.9. The molecule has 11 heteroatoms. The number of aromatic nitrogens is 1. The molecule has 40 heavy (non-hydrogen) atoms. The first-order valence-electron chi connectivity index (χ1n) is 12.8. The van der Waals surface area contributed by atoms with Gasteiger partial charge in [0.1, 0.15) is 16.5 Å². The fourth-order valence-corrected chi connectivity index (χ4v) is 5.43. The molecule has 3 heterocycles. The van der Waals surface area contributed by atoms with E-state index >= 15 is 0 Å². The zero-order valence-corrected chi connectivity index (χ0v) is 23.3. The second kappa shape index (κ2) is 10.2. The van der Waals surface area contributed by atoms with E-state index in [1.807, 2.05) is 33.8 Å². The minimum atomic E-state index is -4.72. The Balaban J connectivity index is 1.64. The number of benzene rings is 2. The quantitative estimate of drug-likeness (QED) is 0.206. The Hall–Kier alpha value is -3.34. The maximum Gasteiger partial charge on any atom is 0.492 e. The number of nitrogens with zero attached hydrogens (tertiary/aromatic N) is 1. The van der Waals surface area contributed by atoms with Crippen LogP contribution in [0.4, 0.5) is 18.9 Å². The normalized spacial score (nSPS) is 14.2. The number of hydrogen-bond acceptors (Lipinski definition) is 6. The maximum absolute atomic E-state index is 14.0. The molecule has 1 atom stereocenters. The zero-order chi connectivity index (χ0) is 29.1. The van der Waals surface area contributed by atoms with Gasteiger partial charge in [-0.05, 0) is 67.7 Å². The topological polar surface area (TPSA) is 84.6 Å². The van der Waals surface area contributed by atoms with Crippen molar-refractivity contribution in [2.45, 2.75) is 59.4 Å². The Morgan fingerprint density at radius 3 is 2.52 bits per heavy atom. The highest BCUT2D eigenvalue weighted by molar-refractivity contribution is 6.62. The van der Waals surface area contributed by atoms with E-state index < -0.39 is 24.9 Å². The van der Waals surface area contributed by atoms with Crippen molar-refractivity contribution in [1.29, 1.82) is 0 Å². The van der Waals surface area contributed by atoms with Gasteiger partial charge in [0.05, 0.1) is 35.0 Å². The molecule has 0 unspecified atom stereocenters. The molecular weight excluding hydrogens is 544 g/mol. The van der Waals surface area contributed by atoms with Gasteiger partial charge in [0.25, 0.3) is 0 Å². The molecule has 0 spiro atoms. The molecule has 0 radical (unpaired) electrons. The average molecular weight is 571 g/mol. The van der Waals surface area contributed by atoms with E-state index in [-0.39, 0.29) is 45.4 Å². The summed E-state index contributed by atoms with van der Waals surface area (Å²) in [6, 6.07) is 8.93. The van der Waals surface area contributed by atoms with E-state index in [2.05, 4.69) is 10.3 Å². The zero-order valence-electron chi connectivity index (χ0n) is 22.5. The first-order chi connectivity index (χ1) is 18.8. The Kier molecular flexibility index (Phi) is 7.23. The number of fused-ring (bicyclic) bond motifs is 2. The van der Waals surface area contributed by atoms with Crippen molar-refractivity contribution >= 4 is 40.8 Å². The predicted molar refractivity (Wildman–Crippen MR) is 150 cm³/mol. The highest BCUT2D eigenvalue weighted by Crippen LogP contribution is 2.38. The lowest BCUT2D eigenvalue weighted by atomic mass is 9.75. The molecule has 0 saturated heterocycles. The number of hydrogen-bond donors (Lipinski definition) is 2. The molecule has 0 saturated carbocycles. The van der Waals surface area contributed by atoms with Gasteiger partial charge in [0.15, 0.2) is 5.43 Å². The molecule has 208 valence electrons. The van der Waals surface area contributed by atoms with Crippen LogP contribution >= 0.6 is 11.6 Å². The molecule has 5 rings (SSSR count).